The van der Waals surface area contributed by atoms with Gasteiger partial charge in [-0.1, -0.05) is 86.0 Å². The highest BCUT2D eigenvalue weighted by atomic mass is 16.5. The summed E-state index contributed by atoms with van der Waals surface area (Å²) in [6, 6.07) is 26.2. The van der Waals surface area contributed by atoms with E-state index in [0.717, 1.165) is 43.2 Å². The third-order valence-electron chi connectivity index (χ3n) is 4.98. The van der Waals surface area contributed by atoms with Crippen molar-refractivity contribution in [2.75, 3.05) is 13.2 Å². The molecule has 29 heavy (non-hydrogen) atoms. The predicted octanol–water partition coefficient (Wildman–Crippen LogP) is 6.12. The third-order valence-corrected chi connectivity index (χ3v) is 4.98. The molecule has 150 valence electrons. The number of benzene rings is 3. The molecular weight excluding hydrogens is 360 g/mol. The topological polar surface area (TPSA) is 46.5 Å². The van der Waals surface area contributed by atoms with Crippen LogP contribution in [0.3, 0.4) is 0 Å². The van der Waals surface area contributed by atoms with Crippen LogP contribution in [0.2, 0.25) is 0 Å². The van der Waals surface area contributed by atoms with Gasteiger partial charge >= 0.3 is 5.97 Å². The first kappa shape index (κ1) is 20.8. The standard InChI is InChI=1S/C26H28O3/c27-19-9-2-1-3-10-20-29-26(28)23-17-15-22(16-18-23)25-14-8-7-13-24(25)21-11-5-4-6-12-21/h4-8,11-18,27H,1-3,9-10,19-20H2. The lowest BCUT2D eigenvalue weighted by Crippen LogP contribution is -2.06. The van der Waals surface area contributed by atoms with E-state index in [1.807, 2.05) is 54.6 Å². The van der Waals surface area contributed by atoms with Crippen molar-refractivity contribution in [3.63, 3.8) is 0 Å². The van der Waals surface area contributed by atoms with Crippen LogP contribution in [0.15, 0.2) is 78.9 Å². The maximum Gasteiger partial charge on any atom is 0.338 e. The van der Waals surface area contributed by atoms with Crippen LogP contribution in [0.1, 0.15) is 42.5 Å². The molecule has 3 aromatic carbocycles. The van der Waals surface area contributed by atoms with Crippen LogP contribution < -0.4 is 0 Å². The van der Waals surface area contributed by atoms with E-state index in [1.54, 1.807) is 0 Å². The SMILES string of the molecule is O=C(OCCCCCCCO)c1ccc(-c2ccccc2-c2ccccc2)cc1. The van der Waals surface area contributed by atoms with Gasteiger partial charge in [-0.2, -0.15) is 0 Å². The molecule has 0 bridgehead atoms. The van der Waals surface area contributed by atoms with Gasteiger partial charge in [-0.15, -0.1) is 0 Å². The smallest absolute Gasteiger partial charge is 0.338 e. The van der Waals surface area contributed by atoms with Gasteiger partial charge in [-0.05, 0) is 47.2 Å². The Hall–Kier alpha value is -2.91. The maximum atomic E-state index is 12.3. The lowest BCUT2D eigenvalue weighted by Gasteiger charge is -2.11. The Morgan fingerprint density at radius 3 is 1.86 bits per heavy atom. The zero-order valence-electron chi connectivity index (χ0n) is 16.7. The summed E-state index contributed by atoms with van der Waals surface area (Å²) in [6.07, 6.45) is 4.81. The number of ether oxygens (including phenoxy) is 1. The number of hydrogen-bond acceptors (Lipinski definition) is 3. The van der Waals surface area contributed by atoms with Gasteiger partial charge in [-0.3, -0.25) is 0 Å². The second-order valence-electron chi connectivity index (χ2n) is 7.12. The van der Waals surface area contributed by atoms with Crippen LogP contribution >= 0.6 is 0 Å². The third kappa shape index (κ3) is 6.03. The molecule has 0 radical (unpaired) electrons. The molecule has 0 fully saturated rings. The molecule has 0 aromatic heterocycles. The van der Waals surface area contributed by atoms with Crippen molar-refractivity contribution >= 4 is 5.97 Å². The Morgan fingerprint density at radius 1 is 0.655 bits per heavy atom. The summed E-state index contributed by atoms with van der Waals surface area (Å²) >= 11 is 0. The predicted molar refractivity (Wildman–Crippen MR) is 118 cm³/mol. The molecular formula is C26H28O3. The number of aliphatic hydroxyl groups excluding tert-OH is 1. The molecule has 0 heterocycles. The fourth-order valence-electron chi connectivity index (χ4n) is 3.38. The average molecular weight is 389 g/mol. The van der Waals surface area contributed by atoms with E-state index < -0.39 is 0 Å². The molecule has 0 aliphatic carbocycles. The second kappa shape index (κ2) is 11.2. The Balaban J connectivity index is 1.60. The summed E-state index contributed by atoms with van der Waals surface area (Å²) in [6.45, 7) is 0.692. The minimum atomic E-state index is -0.275. The molecule has 3 aromatic rings. The number of aliphatic hydroxyl groups is 1. The number of unbranched alkanes of at least 4 members (excludes halogenated alkanes) is 4. The van der Waals surface area contributed by atoms with E-state index in [9.17, 15) is 4.79 Å². The molecule has 3 rings (SSSR count). The quantitative estimate of drug-likeness (QED) is 0.336. The van der Waals surface area contributed by atoms with Gasteiger partial charge in [0.15, 0.2) is 0 Å². The Morgan fingerprint density at radius 2 is 1.21 bits per heavy atom. The first-order valence-corrected chi connectivity index (χ1v) is 10.3. The van der Waals surface area contributed by atoms with Crippen LogP contribution in [0.4, 0.5) is 0 Å². The normalized spacial score (nSPS) is 10.7. The fourth-order valence-corrected chi connectivity index (χ4v) is 3.38. The van der Waals surface area contributed by atoms with Crippen molar-refractivity contribution in [1.29, 1.82) is 0 Å². The van der Waals surface area contributed by atoms with E-state index >= 15 is 0 Å². The summed E-state index contributed by atoms with van der Waals surface area (Å²) in [5.74, 6) is -0.275. The summed E-state index contributed by atoms with van der Waals surface area (Å²) in [5.41, 5.74) is 5.13. The highest BCUT2D eigenvalue weighted by molar-refractivity contribution is 5.91. The van der Waals surface area contributed by atoms with Crippen molar-refractivity contribution in [3.05, 3.63) is 84.4 Å². The van der Waals surface area contributed by atoms with Crippen LogP contribution in [0, 0.1) is 0 Å². The first-order chi connectivity index (χ1) is 14.3. The van der Waals surface area contributed by atoms with Gasteiger partial charge in [0.25, 0.3) is 0 Å². The van der Waals surface area contributed by atoms with Crippen LogP contribution in [0.25, 0.3) is 22.3 Å². The highest BCUT2D eigenvalue weighted by Gasteiger charge is 2.10. The number of esters is 1. The van der Waals surface area contributed by atoms with Crippen LogP contribution in [-0.2, 0) is 4.74 Å². The number of carbonyl (C=O) groups is 1. The molecule has 0 saturated carbocycles. The van der Waals surface area contributed by atoms with E-state index in [2.05, 4.69) is 24.3 Å². The number of rotatable bonds is 10. The molecule has 0 spiro atoms. The maximum absolute atomic E-state index is 12.3. The van der Waals surface area contributed by atoms with Gasteiger partial charge in [0.05, 0.1) is 12.2 Å². The molecule has 3 heteroatoms. The van der Waals surface area contributed by atoms with Crippen molar-refractivity contribution in [1.82, 2.24) is 0 Å². The molecule has 0 aliphatic rings. The fraction of sp³-hybridized carbons (Fsp3) is 0.269. The average Bonchev–Trinajstić information content (AvgIpc) is 2.79. The van der Waals surface area contributed by atoms with E-state index in [1.165, 1.54) is 11.1 Å². The zero-order valence-corrected chi connectivity index (χ0v) is 16.7. The zero-order chi connectivity index (χ0) is 20.3. The number of carbonyl (C=O) groups excluding carboxylic acids is 1. The Kier molecular flexibility index (Phi) is 8.02. The minimum Gasteiger partial charge on any atom is -0.462 e. The molecule has 0 atom stereocenters. The van der Waals surface area contributed by atoms with Gasteiger partial charge in [0, 0.05) is 6.61 Å². The molecule has 0 amide bonds. The van der Waals surface area contributed by atoms with Crippen molar-refractivity contribution in [2.45, 2.75) is 32.1 Å². The molecule has 0 aliphatic heterocycles. The van der Waals surface area contributed by atoms with Crippen molar-refractivity contribution in [2.24, 2.45) is 0 Å². The second-order valence-corrected chi connectivity index (χ2v) is 7.12. The molecule has 0 unspecified atom stereocenters. The van der Waals surface area contributed by atoms with Crippen molar-refractivity contribution in [3.8, 4) is 22.3 Å². The largest absolute Gasteiger partial charge is 0.462 e. The molecule has 3 nitrogen and oxygen atoms in total. The van der Waals surface area contributed by atoms with Crippen LogP contribution in [0.5, 0.6) is 0 Å². The van der Waals surface area contributed by atoms with Crippen LogP contribution in [-0.4, -0.2) is 24.3 Å². The molecule has 1 N–H and O–H groups in total. The van der Waals surface area contributed by atoms with Gasteiger partial charge < -0.3 is 9.84 Å². The van der Waals surface area contributed by atoms with E-state index in [4.69, 9.17) is 9.84 Å². The lowest BCUT2D eigenvalue weighted by atomic mass is 9.94. The summed E-state index contributed by atoms with van der Waals surface area (Å²) in [4.78, 5) is 12.3. The van der Waals surface area contributed by atoms with Gasteiger partial charge in [0.1, 0.15) is 0 Å². The van der Waals surface area contributed by atoms with Gasteiger partial charge in [0.2, 0.25) is 0 Å². The highest BCUT2D eigenvalue weighted by Crippen LogP contribution is 2.32. The molecule has 0 saturated heterocycles. The monoisotopic (exact) mass is 388 g/mol. The van der Waals surface area contributed by atoms with E-state index in [0.29, 0.717) is 12.2 Å². The summed E-state index contributed by atoms with van der Waals surface area (Å²) in [5, 5.41) is 8.76. The minimum absolute atomic E-state index is 0.251. The van der Waals surface area contributed by atoms with Gasteiger partial charge in [-0.25, -0.2) is 4.79 Å². The van der Waals surface area contributed by atoms with Crippen molar-refractivity contribution < 1.29 is 14.6 Å². The Bertz CT molecular complexity index is 885. The Labute approximate surface area is 173 Å². The van der Waals surface area contributed by atoms with E-state index in [-0.39, 0.29) is 12.6 Å². The first-order valence-electron chi connectivity index (χ1n) is 10.3. The summed E-state index contributed by atoms with van der Waals surface area (Å²) < 4.78 is 5.38. The number of hydrogen-bond donors (Lipinski definition) is 1. The lowest BCUT2D eigenvalue weighted by molar-refractivity contribution is 0.0497. The summed E-state index contributed by atoms with van der Waals surface area (Å²) in [7, 11) is 0.